The van der Waals surface area contributed by atoms with Crippen molar-refractivity contribution in [2.75, 3.05) is 7.11 Å². The lowest BCUT2D eigenvalue weighted by Gasteiger charge is -2.12. The number of hydrogen-bond donors (Lipinski definition) is 1. The summed E-state index contributed by atoms with van der Waals surface area (Å²) in [5, 5.41) is 8.62. The van der Waals surface area contributed by atoms with E-state index in [1.807, 2.05) is 12.1 Å². The topological polar surface area (TPSA) is 101 Å². The molecule has 2 amide bonds. The van der Waals surface area contributed by atoms with Gasteiger partial charge in [-0.1, -0.05) is 54.6 Å². The van der Waals surface area contributed by atoms with Gasteiger partial charge >= 0.3 is 5.97 Å². The first-order chi connectivity index (χ1) is 17.3. The lowest BCUT2D eigenvalue weighted by molar-refractivity contribution is -0.123. The van der Waals surface area contributed by atoms with Crippen LogP contribution in [0.15, 0.2) is 83.8 Å². The molecule has 0 saturated carbocycles. The molecule has 0 aliphatic carbocycles. The average Bonchev–Trinajstić information content (AvgIpc) is 3.15. The van der Waals surface area contributed by atoms with Crippen LogP contribution in [0.3, 0.4) is 0 Å². The zero-order valence-corrected chi connectivity index (χ0v) is 20.0. The number of carboxylic acids is 1. The van der Waals surface area contributed by atoms with E-state index >= 15 is 0 Å². The number of imide groups is 1. The third-order valence-corrected chi connectivity index (χ3v) is 6.34. The summed E-state index contributed by atoms with van der Waals surface area (Å²) in [6.45, 7) is 0.0625. The molecule has 3 aromatic rings. The first kappa shape index (κ1) is 24.7. The number of carbonyl (C=O) groups excluding carboxylic acids is 3. The fourth-order valence-electron chi connectivity index (χ4n) is 3.47. The van der Waals surface area contributed by atoms with Crippen molar-refractivity contribution in [3.05, 3.63) is 112 Å². The number of benzene rings is 3. The largest absolute Gasteiger partial charge is 0.497 e. The Morgan fingerprint density at radius 2 is 1.64 bits per heavy atom. The summed E-state index contributed by atoms with van der Waals surface area (Å²) in [6, 6.07) is 20.2. The van der Waals surface area contributed by atoms with Gasteiger partial charge in [-0.2, -0.15) is 0 Å². The lowest BCUT2D eigenvalue weighted by Crippen LogP contribution is -2.27. The van der Waals surface area contributed by atoms with Crippen LogP contribution in [-0.4, -0.2) is 40.0 Å². The number of carbonyl (C=O) groups is 4. The van der Waals surface area contributed by atoms with Crippen LogP contribution in [0.25, 0.3) is 12.2 Å². The Morgan fingerprint density at radius 1 is 0.944 bits per heavy atom. The number of allylic oxidation sites excluding steroid dienone is 1. The predicted octanol–water partition coefficient (Wildman–Crippen LogP) is 5.53. The minimum Gasteiger partial charge on any atom is -0.497 e. The molecular weight excluding hydrogens is 478 g/mol. The van der Waals surface area contributed by atoms with Crippen molar-refractivity contribution >= 4 is 46.8 Å². The van der Waals surface area contributed by atoms with E-state index in [1.54, 1.807) is 67.8 Å². The van der Waals surface area contributed by atoms with E-state index in [9.17, 15) is 19.2 Å². The number of carboxylic acid groups (broad SMARTS) is 1. The second-order valence-electron chi connectivity index (χ2n) is 7.87. The van der Waals surface area contributed by atoms with Crippen molar-refractivity contribution in [1.29, 1.82) is 0 Å². The molecular formula is C28H21NO6S. The fraction of sp³-hybridized carbons (Fsp3) is 0.0714. The highest BCUT2D eigenvalue weighted by Gasteiger charge is 2.34. The van der Waals surface area contributed by atoms with E-state index in [2.05, 4.69) is 0 Å². The van der Waals surface area contributed by atoms with Crippen molar-refractivity contribution in [2.24, 2.45) is 0 Å². The second kappa shape index (κ2) is 10.9. The molecule has 0 radical (unpaired) electrons. The molecule has 36 heavy (non-hydrogen) atoms. The molecule has 0 aromatic heterocycles. The third kappa shape index (κ3) is 5.79. The maximum atomic E-state index is 12.8. The first-order valence-electron chi connectivity index (χ1n) is 10.9. The van der Waals surface area contributed by atoms with Gasteiger partial charge in [0.15, 0.2) is 5.78 Å². The molecule has 8 heteroatoms. The van der Waals surface area contributed by atoms with Crippen LogP contribution < -0.4 is 4.74 Å². The minimum absolute atomic E-state index is 0.0625. The molecule has 1 N–H and O–H groups in total. The number of rotatable bonds is 8. The Labute approximate surface area is 211 Å². The van der Waals surface area contributed by atoms with Crippen LogP contribution in [0.4, 0.5) is 4.79 Å². The molecule has 1 saturated heterocycles. The number of amides is 2. The highest BCUT2D eigenvalue weighted by atomic mass is 32.2. The van der Waals surface area contributed by atoms with Gasteiger partial charge in [-0.25, -0.2) is 4.79 Å². The standard InChI is InChI=1S/C28H21NO6S/c1-35-23-4-2-3-22(16-23)24(30)14-11-18-5-7-19(8-6-18)15-25-26(31)29(28(34)36-25)17-20-9-12-21(13-10-20)27(32)33/h2-16H,17H2,1H3,(H,32,33)/b14-11+,25-15-. The van der Waals surface area contributed by atoms with Crippen LogP contribution in [0.5, 0.6) is 5.75 Å². The third-order valence-electron chi connectivity index (χ3n) is 5.43. The molecule has 1 aliphatic rings. The Balaban J connectivity index is 1.41. The van der Waals surface area contributed by atoms with Crippen LogP contribution >= 0.6 is 11.8 Å². The van der Waals surface area contributed by atoms with Crippen molar-refractivity contribution < 1.29 is 29.0 Å². The zero-order chi connectivity index (χ0) is 25.7. The summed E-state index contributed by atoms with van der Waals surface area (Å²) in [4.78, 5) is 50.0. The number of hydrogen-bond acceptors (Lipinski definition) is 6. The van der Waals surface area contributed by atoms with E-state index < -0.39 is 11.9 Å². The van der Waals surface area contributed by atoms with Gasteiger partial charge in [0, 0.05) is 5.56 Å². The van der Waals surface area contributed by atoms with Crippen LogP contribution in [-0.2, 0) is 11.3 Å². The molecule has 0 atom stereocenters. The lowest BCUT2D eigenvalue weighted by atomic mass is 10.1. The number of ether oxygens (including phenoxy) is 1. The highest BCUT2D eigenvalue weighted by Crippen LogP contribution is 2.33. The van der Waals surface area contributed by atoms with Gasteiger partial charge in [-0.3, -0.25) is 19.3 Å². The molecule has 7 nitrogen and oxygen atoms in total. The van der Waals surface area contributed by atoms with Crippen LogP contribution in [0.1, 0.15) is 37.4 Å². The van der Waals surface area contributed by atoms with E-state index in [4.69, 9.17) is 9.84 Å². The van der Waals surface area contributed by atoms with E-state index in [0.29, 0.717) is 21.8 Å². The molecule has 1 heterocycles. The van der Waals surface area contributed by atoms with Crippen LogP contribution in [0, 0.1) is 0 Å². The van der Waals surface area contributed by atoms with E-state index in [-0.39, 0.29) is 23.1 Å². The quantitative estimate of drug-likeness (QED) is 0.321. The monoisotopic (exact) mass is 499 g/mol. The Bertz CT molecular complexity index is 1390. The van der Waals surface area contributed by atoms with E-state index in [1.165, 1.54) is 18.2 Å². The van der Waals surface area contributed by atoms with Gasteiger partial charge in [0.2, 0.25) is 0 Å². The molecule has 1 fully saturated rings. The average molecular weight is 500 g/mol. The van der Waals surface area contributed by atoms with Gasteiger partial charge in [-0.15, -0.1) is 0 Å². The number of ketones is 1. The Morgan fingerprint density at radius 3 is 2.31 bits per heavy atom. The second-order valence-corrected chi connectivity index (χ2v) is 8.86. The summed E-state index contributed by atoms with van der Waals surface area (Å²) in [5.74, 6) is -0.982. The zero-order valence-electron chi connectivity index (χ0n) is 19.2. The SMILES string of the molecule is COc1cccc(C(=O)/C=C/c2ccc(/C=C3\SC(=O)N(Cc4ccc(C(=O)O)cc4)C3=O)cc2)c1. The molecule has 180 valence electrons. The fourth-order valence-corrected chi connectivity index (χ4v) is 4.31. The number of nitrogens with zero attached hydrogens (tertiary/aromatic N) is 1. The van der Waals surface area contributed by atoms with Gasteiger partial charge in [0.1, 0.15) is 5.75 Å². The van der Waals surface area contributed by atoms with Crippen molar-refractivity contribution in [3.63, 3.8) is 0 Å². The minimum atomic E-state index is -1.04. The Hall–Kier alpha value is -4.43. The van der Waals surface area contributed by atoms with Crippen LogP contribution in [0.2, 0.25) is 0 Å². The number of methoxy groups -OCH3 is 1. The summed E-state index contributed by atoms with van der Waals surface area (Å²) in [7, 11) is 1.54. The molecule has 3 aromatic carbocycles. The van der Waals surface area contributed by atoms with Gasteiger partial charge in [0.05, 0.1) is 24.1 Å². The summed E-state index contributed by atoms with van der Waals surface area (Å²) < 4.78 is 5.15. The normalized spacial score (nSPS) is 14.6. The molecule has 1 aliphatic heterocycles. The van der Waals surface area contributed by atoms with Crippen molar-refractivity contribution in [2.45, 2.75) is 6.54 Å². The Kier molecular flexibility index (Phi) is 7.46. The summed E-state index contributed by atoms with van der Waals surface area (Å²) in [6.07, 6.45) is 4.83. The summed E-state index contributed by atoms with van der Waals surface area (Å²) in [5.41, 5.74) is 2.86. The van der Waals surface area contributed by atoms with Crippen molar-refractivity contribution in [1.82, 2.24) is 4.90 Å². The van der Waals surface area contributed by atoms with Crippen molar-refractivity contribution in [3.8, 4) is 5.75 Å². The van der Waals surface area contributed by atoms with Gasteiger partial charge in [0.25, 0.3) is 11.1 Å². The maximum absolute atomic E-state index is 12.8. The molecule has 0 unspecified atom stereocenters. The van der Waals surface area contributed by atoms with E-state index in [0.717, 1.165) is 27.8 Å². The van der Waals surface area contributed by atoms with Gasteiger partial charge in [-0.05, 0) is 64.9 Å². The smallest absolute Gasteiger partial charge is 0.335 e. The number of aromatic carboxylic acids is 1. The molecule has 0 bridgehead atoms. The predicted molar refractivity (Wildman–Crippen MR) is 138 cm³/mol. The first-order valence-corrected chi connectivity index (χ1v) is 11.7. The van der Waals surface area contributed by atoms with Gasteiger partial charge < -0.3 is 9.84 Å². The summed E-state index contributed by atoms with van der Waals surface area (Å²) >= 11 is 0.858. The highest BCUT2D eigenvalue weighted by molar-refractivity contribution is 8.18. The maximum Gasteiger partial charge on any atom is 0.335 e. The number of thioether (sulfide) groups is 1. The molecule has 4 rings (SSSR count). The molecule has 0 spiro atoms.